The first-order valence-electron chi connectivity index (χ1n) is 28.8. The first kappa shape index (κ1) is 49.5. The van der Waals surface area contributed by atoms with Gasteiger partial charge in [0, 0.05) is 63.6 Å². The number of hydrogen-bond donors (Lipinski definition) is 0. The van der Waals surface area contributed by atoms with Gasteiger partial charge in [-0.1, -0.05) is 231 Å². The topological polar surface area (TPSA) is 38.0 Å². The van der Waals surface area contributed by atoms with E-state index in [1.54, 1.807) is 22.7 Å². The Morgan fingerprint density at radius 3 is 1.05 bits per heavy atom. The summed E-state index contributed by atoms with van der Waals surface area (Å²) < 4.78 is 9.41. The lowest BCUT2D eigenvalue weighted by Crippen LogP contribution is -2.09. The zero-order chi connectivity index (χ0) is 57.0. The van der Waals surface area contributed by atoms with Gasteiger partial charge in [0.2, 0.25) is 5.69 Å². The van der Waals surface area contributed by atoms with Gasteiger partial charge in [-0.25, -0.2) is 4.85 Å². The van der Waals surface area contributed by atoms with E-state index in [0.717, 1.165) is 131 Å². The molecule has 0 saturated carbocycles. The second-order valence-electron chi connectivity index (χ2n) is 22.0. The standard InChI is InChI=1S/C80H46N4S2/c1-82-74-72(53-28-16-6-17-29-53)67(48-81)75(73(54-30-18-7-19-31-54)78(74)83-68-40-32-55(49-20-8-2-9-21-49)44-63(68)64-45-56(33-41-69(64)83)50-22-10-3-11-23-50)84-76-59(36-38-61-65-46-57(51-24-12-4-13-25-51)34-42-70(65)85-79(61)76)60-37-39-62-66-47-58(52-26-14-5-15-27-52)35-43-71(66)86-80(62)77(60)84/h2-47H. The quantitative estimate of drug-likeness (QED) is 0.140. The minimum absolute atomic E-state index is 0.398. The molecule has 0 fully saturated rings. The molecule has 4 aromatic heterocycles. The van der Waals surface area contributed by atoms with Gasteiger partial charge in [0.1, 0.15) is 6.07 Å². The zero-order valence-corrected chi connectivity index (χ0v) is 47.8. The maximum absolute atomic E-state index is 12.5. The molecule has 0 unspecified atom stereocenters. The smallest absolute Gasteiger partial charge is 0.220 e. The molecule has 4 nitrogen and oxygen atoms in total. The molecule has 4 heterocycles. The molecule has 0 saturated heterocycles. The summed E-state index contributed by atoms with van der Waals surface area (Å²) in [5.74, 6) is 0. The summed E-state index contributed by atoms with van der Waals surface area (Å²) in [6.07, 6.45) is 0. The van der Waals surface area contributed by atoms with Crippen molar-refractivity contribution in [2.75, 3.05) is 0 Å². The summed E-state index contributed by atoms with van der Waals surface area (Å²) >= 11 is 3.61. The van der Waals surface area contributed by atoms with Crippen molar-refractivity contribution in [2.45, 2.75) is 0 Å². The van der Waals surface area contributed by atoms with Crippen molar-refractivity contribution in [1.82, 2.24) is 9.13 Å². The van der Waals surface area contributed by atoms with E-state index in [0.29, 0.717) is 22.5 Å². The molecule has 0 aliphatic carbocycles. The van der Waals surface area contributed by atoms with Gasteiger partial charge in [0.25, 0.3) is 0 Å². The number of benzene rings is 13. The average Bonchev–Trinajstić information content (AvgIpc) is 1.55. The summed E-state index contributed by atoms with van der Waals surface area (Å²) in [7, 11) is 0. The Hall–Kier alpha value is -11.1. The number of nitriles is 1. The molecule has 0 N–H and O–H groups in total. The number of rotatable bonds is 8. The van der Waals surface area contributed by atoms with Gasteiger partial charge < -0.3 is 9.13 Å². The zero-order valence-electron chi connectivity index (χ0n) is 46.2. The van der Waals surface area contributed by atoms with Crippen molar-refractivity contribution >= 4 is 112 Å². The van der Waals surface area contributed by atoms with E-state index in [4.69, 9.17) is 0 Å². The first-order chi connectivity index (χ1) is 42.6. The normalized spacial score (nSPS) is 11.7. The van der Waals surface area contributed by atoms with E-state index in [1.165, 1.54) is 20.2 Å². The van der Waals surface area contributed by atoms with E-state index >= 15 is 0 Å². The second kappa shape index (κ2) is 19.8. The minimum atomic E-state index is 0.398. The molecule has 0 aliphatic heterocycles. The lowest BCUT2D eigenvalue weighted by Gasteiger charge is -2.26. The van der Waals surface area contributed by atoms with Gasteiger partial charge in [0.05, 0.1) is 55.0 Å². The van der Waals surface area contributed by atoms with Gasteiger partial charge >= 0.3 is 0 Å². The number of thiophene rings is 2. The van der Waals surface area contributed by atoms with Gasteiger partial charge in [-0.3, -0.25) is 0 Å². The van der Waals surface area contributed by atoms with Crippen molar-refractivity contribution in [3.05, 3.63) is 296 Å². The predicted octanol–water partition coefficient (Wildman–Crippen LogP) is 23.0. The molecule has 0 atom stereocenters. The van der Waals surface area contributed by atoms with Crippen LogP contribution in [0.25, 0.3) is 167 Å². The van der Waals surface area contributed by atoms with Crippen LogP contribution in [0.4, 0.5) is 5.69 Å². The molecule has 0 radical (unpaired) electrons. The van der Waals surface area contributed by atoms with Crippen molar-refractivity contribution in [1.29, 1.82) is 5.26 Å². The van der Waals surface area contributed by atoms with Gasteiger partial charge in [-0.2, -0.15) is 5.26 Å². The van der Waals surface area contributed by atoms with Crippen molar-refractivity contribution < 1.29 is 0 Å². The third-order valence-electron chi connectivity index (χ3n) is 17.4. The number of aromatic nitrogens is 2. The Kier molecular flexibility index (Phi) is 11.4. The van der Waals surface area contributed by atoms with Crippen LogP contribution in [0.15, 0.2) is 279 Å². The minimum Gasteiger partial charge on any atom is -0.318 e. The van der Waals surface area contributed by atoms with E-state index < -0.39 is 0 Å². The second-order valence-corrected chi connectivity index (χ2v) is 24.1. The lowest BCUT2D eigenvalue weighted by molar-refractivity contribution is 1.14. The molecule has 398 valence electrons. The molecule has 17 rings (SSSR count). The Balaban J connectivity index is 1.09. The lowest BCUT2D eigenvalue weighted by atomic mass is 9.88. The molecule has 13 aromatic carbocycles. The van der Waals surface area contributed by atoms with Crippen LogP contribution in [0.1, 0.15) is 5.56 Å². The van der Waals surface area contributed by atoms with Crippen LogP contribution < -0.4 is 0 Å². The molecule has 0 aliphatic rings. The fourth-order valence-corrected chi connectivity index (χ4v) is 15.9. The fourth-order valence-electron chi connectivity index (χ4n) is 13.5. The van der Waals surface area contributed by atoms with Gasteiger partial charge in [-0.05, 0) is 104 Å². The molecular formula is C80H46N4S2. The summed E-state index contributed by atoms with van der Waals surface area (Å²) in [6.45, 7) is 9.62. The van der Waals surface area contributed by atoms with E-state index in [-0.39, 0.29) is 0 Å². The largest absolute Gasteiger partial charge is 0.318 e. The Morgan fingerprint density at radius 2 is 0.663 bits per heavy atom. The van der Waals surface area contributed by atoms with E-state index in [9.17, 15) is 11.8 Å². The van der Waals surface area contributed by atoms with Crippen LogP contribution in [0.5, 0.6) is 0 Å². The highest BCUT2D eigenvalue weighted by molar-refractivity contribution is 7.27. The maximum atomic E-state index is 12.5. The van der Waals surface area contributed by atoms with Crippen LogP contribution >= 0.6 is 22.7 Å². The maximum Gasteiger partial charge on any atom is 0.220 e. The van der Waals surface area contributed by atoms with Crippen LogP contribution in [-0.4, -0.2) is 9.13 Å². The Labute approximate surface area is 503 Å². The van der Waals surface area contributed by atoms with Crippen molar-refractivity contribution in [3.63, 3.8) is 0 Å². The Bertz CT molecular complexity index is 5420. The van der Waals surface area contributed by atoms with Crippen LogP contribution in [-0.2, 0) is 0 Å². The predicted molar refractivity (Wildman–Crippen MR) is 364 cm³/mol. The summed E-state index contributed by atoms with van der Waals surface area (Å²) in [6, 6.07) is 102. The SMILES string of the molecule is [C-]#[N+]c1c(-c2ccccc2)c(C#N)c(-n2c3c(ccc4c5cc(-c6ccccc6)ccc5sc43)c3ccc4c5cc(-c6ccccc6)ccc5sc4c32)c(-c2ccccc2)c1-n1c2ccc(-c3ccccc3)cc2c2cc(-c3ccccc3)ccc21. The Morgan fingerprint density at radius 1 is 0.314 bits per heavy atom. The monoisotopic (exact) mass is 1130 g/mol. The van der Waals surface area contributed by atoms with Crippen LogP contribution in [0, 0.1) is 17.9 Å². The third kappa shape index (κ3) is 7.58. The number of hydrogen-bond acceptors (Lipinski definition) is 3. The molecule has 6 heteroatoms. The highest BCUT2D eigenvalue weighted by Crippen LogP contribution is 2.55. The summed E-state index contributed by atoms with van der Waals surface area (Å²) in [5, 5.41) is 21.4. The molecule has 0 spiro atoms. The van der Waals surface area contributed by atoms with Crippen molar-refractivity contribution in [2.24, 2.45) is 0 Å². The molecular weight excluding hydrogens is 1080 g/mol. The van der Waals surface area contributed by atoms with E-state index in [1.807, 2.05) is 24.3 Å². The third-order valence-corrected chi connectivity index (χ3v) is 19.8. The summed E-state index contributed by atoms with van der Waals surface area (Å²) in [4.78, 5) is 4.69. The van der Waals surface area contributed by atoms with Gasteiger partial charge in [-0.15, -0.1) is 22.7 Å². The first-order valence-corrected chi connectivity index (χ1v) is 30.4. The summed E-state index contributed by atoms with van der Waals surface area (Å²) in [5.41, 5.74) is 18.3. The molecule has 0 amide bonds. The molecule has 86 heavy (non-hydrogen) atoms. The fraction of sp³-hybridized carbons (Fsp3) is 0. The number of nitrogens with zero attached hydrogens (tertiary/aromatic N) is 4. The highest BCUT2D eigenvalue weighted by atomic mass is 32.1. The molecule has 17 aromatic rings. The number of fused-ring (bicyclic) bond motifs is 14. The van der Waals surface area contributed by atoms with Crippen LogP contribution in [0.2, 0.25) is 0 Å². The highest BCUT2D eigenvalue weighted by Gasteiger charge is 2.33. The van der Waals surface area contributed by atoms with E-state index in [2.05, 4.69) is 275 Å². The van der Waals surface area contributed by atoms with Crippen molar-refractivity contribution in [3.8, 4) is 84.2 Å². The molecule has 0 bridgehead atoms. The van der Waals surface area contributed by atoms with Crippen LogP contribution in [0.3, 0.4) is 0 Å². The van der Waals surface area contributed by atoms with Gasteiger partial charge in [0.15, 0.2) is 0 Å². The average molecular weight is 1130 g/mol.